The fraction of sp³-hybridized carbons (Fsp3) is 0.900. The number of hydrogen-bond donors (Lipinski definition) is 2. The van der Waals surface area contributed by atoms with E-state index in [1.807, 2.05) is 0 Å². The first kappa shape index (κ1) is 12.4. The van der Waals surface area contributed by atoms with Gasteiger partial charge in [-0.2, -0.15) is 8.78 Å². The van der Waals surface area contributed by atoms with Gasteiger partial charge in [0.2, 0.25) is 0 Å². The van der Waals surface area contributed by atoms with Crippen LogP contribution in [0.25, 0.3) is 0 Å². The van der Waals surface area contributed by atoms with Gasteiger partial charge in [0.05, 0.1) is 6.61 Å². The van der Waals surface area contributed by atoms with Gasteiger partial charge in [-0.05, 0) is 12.8 Å². The van der Waals surface area contributed by atoms with E-state index in [9.17, 15) is 18.7 Å². The maximum absolute atomic E-state index is 11.9. The van der Waals surface area contributed by atoms with E-state index in [4.69, 9.17) is 0 Å². The molecule has 0 aromatic carbocycles. The minimum Gasteiger partial charge on any atom is -0.396 e. The smallest absolute Gasteiger partial charge is 0.315 e. The Morgan fingerprint density at radius 1 is 1.33 bits per heavy atom. The first-order valence-electron chi connectivity index (χ1n) is 5.26. The molecule has 1 aliphatic carbocycles. The van der Waals surface area contributed by atoms with Crippen LogP contribution < -0.4 is 5.32 Å². The first-order chi connectivity index (χ1) is 7.09. The SMILES string of the molecule is O=C(NCC1(CO)CCCCC1)C(F)F. The summed E-state index contributed by atoms with van der Waals surface area (Å²) in [5.74, 6) is -1.24. The Morgan fingerprint density at radius 3 is 2.40 bits per heavy atom. The van der Waals surface area contributed by atoms with Gasteiger partial charge in [-0.15, -0.1) is 0 Å². The van der Waals surface area contributed by atoms with Crippen molar-refractivity contribution >= 4 is 5.91 Å². The Labute approximate surface area is 87.9 Å². The third kappa shape index (κ3) is 3.41. The van der Waals surface area contributed by atoms with E-state index >= 15 is 0 Å². The Kier molecular flexibility index (Phi) is 4.45. The van der Waals surface area contributed by atoms with Crippen LogP contribution in [0.1, 0.15) is 32.1 Å². The van der Waals surface area contributed by atoms with Crippen molar-refractivity contribution in [2.45, 2.75) is 38.5 Å². The van der Waals surface area contributed by atoms with E-state index < -0.39 is 12.3 Å². The van der Waals surface area contributed by atoms with E-state index in [2.05, 4.69) is 5.32 Å². The monoisotopic (exact) mass is 221 g/mol. The Balaban J connectivity index is 2.42. The molecule has 0 unspecified atom stereocenters. The molecule has 5 heteroatoms. The molecule has 15 heavy (non-hydrogen) atoms. The molecule has 0 aromatic heterocycles. The molecule has 0 aliphatic heterocycles. The number of rotatable bonds is 4. The molecule has 0 saturated heterocycles. The molecule has 88 valence electrons. The Hall–Kier alpha value is -0.710. The van der Waals surface area contributed by atoms with Crippen LogP contribution in [0.3, 0.4) is 0 Å². The summed E-state index contributed by atoms with van der Waals surface area (Å²) in [6, 6.07) is 0. The lowest BCUT2D eigenvalue weighted by atomic mass is 9.74. The molecule has 1 saturated carbocycles. The molecule has 1 amide bonds. The summed E-state index contributed by atoms with van der Waals surface area (Å²) in [4.78, 5) is 10.7. The van der Waals surface area contributed by atoms with Crippen LogP contribution >= 0.6 is 0 Å². The summed E-state index contributed by atoms with van der Waals surface area (Å²) in [6.07, 6.45) is 1.73. The Morgan fingerprint density at radius 2 is 1.93 bits per heavy atom. The number of aliphatic hydroxyl groups is 1. The molecule has 0 bridgehead atoms. The third-order valence-corrected chi connectivity index (χ3v) is 3.09. The van der Waals surface area contributed by atoms with Crippen LogP contribution in [0, 0.1) is 5.41 Å². The van der Waals surface area contributed by atoms with Gasteiger partial charge in [0.1, 0.15) is 0 Å². The number of halogens is 2. The van der Waals surface area contributed by atoms with Crippen molar-refractivity contribution in [1.82, 2.24) is 5.32 Å². The van der Waals surface area contributed by atoms with Gasteiger partial charge < -0.3 is 10.4 Å². The molecular formula is C10H17F2NO2. The average molecular weight is 221 g/mol. The van der Waals surface area contributed by atoms with Crippen molar-refractivity contribution in [2.75, 3.05) is 13.2 Å². The van der Waals surface area contributed by atoms with Crippen LogP contribution in [-0.4, -0.2) is 30.6 Å². The minimum absolute atomic E-state index is 0.0451. The number of amides is 1. The van der Waals surface area contributed by atoms with Gasteiger partial charge in [-0.25, -0.2) is 0 Å². The average Bonchev–Trinajstić information content (AvgIpc) is 2.27. The fourth-order valence-electron chi connectivity index (χ4n) is 2.04. The highest BCUT2D eigenvalue weighted by Crippen LogP contribution is 2.35. The van der Waals surface area contributed by atoms with E-state index in [1.54, 1.807) is 0 Å². The highest BCUT2D eigenvalue weighted by molar-refractivity contribution is 5.79. The first-order valence-corrected chi connectivity index (χ1v) is 5.26. The number of alkyl halides is 2. The number of carbonyl (C=O) groups is 1. The van der Waals surface area contributed by atoms with Crippen LogP contribution in [0.15, 0.2) is 0 Å². The topological polar surface area (TPSA) is 49.3 Å². The van der Waals surface area contributed by atoms with Gasteiger partial charge in [-0.1, -0.05) is 19.3 Å². The summed E-state index contributed by atoms with van der Waals surface area (Å²) in [7, 11) is 0. The van der Waals surface area contributed by atoms with E-state index in [0.29, 0.717) is 0 Å². The summed E-state index contributed by atoms with van der Waals surface area (Å²) >= 11 is 0. The van der Waals surface area contributed by atoms with Crippen molar-refractivity contribution in [1.29, 1.82) is 0 Å². The highest BCUT2D eigenvalue weighted by Gasteiger charge is 2.32. The molecule has 0 spiro atoms. The predicted octanol–water partition coefficient (Wildman–Crippen LogP) is 1.31. The molecule has 3 nitrogen and oxygen atoms in total. The lowest BCUT2D eigenvalue weighted by molar-refractivity contribution is -0.132. The summed E-state index contributed by atoms with van der Waals surface area (Å²) < 4.78 is 23.9. The summed E-state index contributed by atoms with van der Waals surface area (Å²) in [5, 5.41) is 11.4. The molecule has 0 radical (unpaired) electrons. The number of hydrogen-bond acceptors (Lipinski definition) is 2. The second kappa shape index (κ2) is 5.39. The van der Waals surface area contributed by atoms with Crippen molar-refractivity contribution in [3.63, 3.8) is 0 Å². The minimum atomic E-state index is -2.97. The maximum Gasteiger partial charge on any atom is 0.315 e. The predicted molar refractivity (Wildman–Crippen MR) is 51.6 cm³/mol. The van der Waals surface area contributed by atoms with E-state index in [-0.39, 0.29) is 18.6 Å². The molecule has 2 N–H and O–H groups in total. The number of aliphatic hydroxyl groups excluding tert-OH is 1. The molecule has 1 fully saturated rings. The quantitative estimate of drug-likeness (QED) is 0.752. The molecule has 0 atom stereocenters. The van der Waals surface area contributed by atoms with Gasteiger partial charge >= 0.3 is 6.43 Å². The summed E-state index contributed by atoms with van der Waals surface area (Å²) in [6.45, 7) is 0.114. The van der Waals surface area contributed by atoms with Crippen LogP contribution in [0.2, 0.25) is 0 Å². The van der Waals surface area contributed by atoms with Gasteiger partial charge in [0.15, 0.2) is 0 Å². The zero-order valence-electron chi connectivity index (χ0n) is 8.64. The molecule has 1 aliphatic rings. The molecule has 0 heterocycles. The highest BCUT2D eigenvalue weighted by atomic mass is 19.3. The molecular weight excluding hydrogens is 204 g/mol. The Bertz CT molecular complexity index is 215. The largest absolute Gasteiger partial charge is 0.396 e. The van der Waals surface area contributed by atoms with Crippen LogP contribution in [0.4, 0.5) is 8.78 Å². The maximum atomic E-state index is 11.9. The van der Waals surface area contributed by atoms with Gasteiger partial charge in [-0.3, -0.25) is 4.79 Å². The van der Waals surface area contributed by atoms with E-state index in [1.165, 1.54) is 0 Å². The van der Waals surface area contributed by atoms with Crippen molar-refractivity contribution in [3.05, 3.63) is 0 Å². The summed E-state index contributed by atoms with van der Waals surface area (Å²) in [5.41, 5.74) is -0.372. The van der Waals surface area contributed by atoms with Crippen LogP contribution in [-0.2, 0) is 4.79 Å². The van der Waals surface area contributed by atoms with Gasteiger partial charge in [0.25, 0.3) is 5.91 Å². The zero-order valence-corrected chi connectivity index (χ0v) is 8.64. The van der Waals surface area contributed by atoms with Crippen molar-refractivity contribution in [2.24, 2.45) is 5.41 Å². The molecule has 1 rings (SSSR count). The van der Waals surface area contributed by atoms with Crippen LogP contribution in [0.5, 0.6) is 0 Å². The van der Waals surface area contributed by atoms with Gasteiger partial charge in [0, 0.05) is 12.0 Å². The normalized spacial score (nSPS) is 20.3. The second-order valence-corrected chi connectivity index (χ2v) is 4.24. The standard InChI is InChI=1S/C10H17F2NO2/c11-8(12)9(15)13-6-10(7-14)4-2-1-3-5-10/h8,14H,1-7H2,(H,13,15). The van der Waals surface area contributed by atoms with Crippen molar-refractivity contribution in [3.8, 4) is 0 Å². The molecule has 0 aromatic rings. The zero-order chi connectivity index (χ0) is 11.3. The lowest BCUT2D eigenvalue weighted by Gasteiger charge is -2.35. The fourth-order valence-corrected chi connectivity index (χ4v) is 2.04. The lowest BCUT2D eigenvalue weighted by Crippen LogP contribution is -2.43. The number of carbonyl (C=O) groups excluding carboxylic acids is 1. The van der Waals surface area contributed by atoms with E-state index in [0.717, 1.165) is 32.1 Å². The third-order valence-electron chi connectivity index (χ3n) is 3.09. The number of nitrogens with one attached hydrogen (secondary N) is 1. The van der Waals surface area contributed by atoms with Crippen molar-refractivity contribution < 1.29 is 18.7 Å². The second-order valence-electron chi connectivity index (χ2n) is 4.24.